The Bertz CT molecular complexity index is 673. The van der Waals surface area contributed by atoms with E-state index in [4.69, 9.17) is 4.98 Å². The number of anilines is 1. The van der Waals surface area contributed by atoms with E-state index in [1.165, 1.54) is 0 Å². The molecule has 7 nitrogen and oxygen atoms in total. The number of carbonyl (C=O) groups is 1. The molecule has 0 bridgehead atoms. The second-order valence-corrected chi connectivity index (χ2v) is 8.71. The fourth-order valence-electron chi connectivity index (χ4n) is 4.45. The molecule has 156 valence electrons. The monoisotopic (exact) mass is 389 g/mol. The van der Waals surface area contributed by atoms with E-state index in [1.54, 1.807) is 0 Å². The number of aromatic nitrogens is 2. The molecule has 0 spiro atoms. The van der Waals surface area contributed by atoms with E-state index in [0.717, 1.165) is 69.4 Å². The quantitative estimate of drug-likeness (QED) is 0.800. The molecule has 0 aliphatic carbocycles. The number of aryl methyl sites for hydroxylation is 1. The molecule has 7 heteroatoms. The maximum atomic E-state index is 11.2. The number of hydrogen-bond donors (Lipinski definition) is 1. The van der Waals surface area contributed by atoms with Crippen molar-refractivity contribution < 1.29 is 9.90 Å². The highest BCUT2D eigenvalue weighted by atomic mass is 16.4. The van der Waals surface area contributed by atoms with Crippen molar-refractivity contribution in [2.24, 2.45) is 5.92 Å². The lowest BCUT2D eigenvalue weighted by Gasteiger charge is -2.46. The summed E-state index contributed by atoms with van der Waals surface area (Å²) in [5.74, 6) is 1.83. The lowest BCUT2D eigenvalue weighted by Crippen LogP contribution is -2.56. The molecule has 2 aliphatic heterocycles. The van der Waals surface area contributed by atoms with Crippen LogP contribution in [0.25, 0.3) is 0 Å². The Balaban J connectivity index is 1.75. The standard InChI is InChI=1S/C21H35N5O2/c1-15(2)21-22-16(3)13-19(23-21)26-8-7-18(17(14-26)5-6-20(27)28)25-11-9-24(4)10-12-25/h13,15,17-18H,5-12,14H2,1-4H3,(H,27,28)/t17-,18+/m0/s1. The van der Waals surface area contributed by atoms with E-state index < -0.39 is 5.97 Å². The number of nitrogens with zero attached hydrogens (tertiary/aromatic N) is 5. The zero-order chi connectivity index (χ0) is 20.3. The maximum absolute atomic E-state index is 11.2. The minimum absolute atomic E-state index is 0.239. The van der Waals surface area contributed by atoms with E-state index in [2.05, 4.69) is 46.6 Å². The van der Waals surface area contributed by atoms with Crippen molar-refractivity contribution in [2.75, 3.05) is 51.2 Å². The van der Waals surface area contributed by atoms with Crippen LogP contribution in [0.15, 0.2) is 6.07 Å². The molecule has 3 rings (SSSR count). The van der Waals surface area contributed by atoms with Crippen molar-refractivity contribution in [3.05, 3.63) is 17.6 Å². The van der Waals surface area contributed by atoms with Gasteiger partial charge in [0, 0.05) is 69.4 Å². The van der Waals surface area contributed by atoms with Gasteiger partial charge in [0.25, 0.3) is 0 Å². The molecule has 0 unspecified atom stereocenters. The molecular weight excluding hydrogens is 354 g/mol. The summed E-state index contributed by atoms with van der Waals surface area (Å²) in [5, 5.41) is 9.24. The molecule has 2 atom stereocenters. The van der Waals surface area contributed by atoms with E-state index >= 15 is 0 Å². The Kier molecular flexibility index (Phi) is 6.88. The van der Waals surface area contributed by atoms with E-state index in [0.29, 0.717) is 17.9 Å². The van der Waals surface area contributed by atoms with Gasteiger partial charge in [0.05, 0.1) is 0 Å². The minimum atomic E-state index is -0.700. The summed E-state index contributed by atoms with van der Waals surface area (Å²) < 4.78 is 0. The summed E-state index contributed by atoms with van der Waals surface area (Å²) in [6.07, 6.45) is 2.03. The maximum Gasteiger partial charge on any atom is 0.303 e. The smallest absolute Gasteiger partial charge is 0.303 e. The first-order valence-corrected chi connectivity index (χ1v) is 10.6. The average molecular weight is 390 g/mol. The van der Waals surface area contributed by atoms with Gasteiger partial charge < -0.3 is 14.9 Å². The van der Waals surface area contributed by atoms with Gasteiger partial charge in [-0.3, -0.25) is 9.69 Å². The van der Waals surface area contributed by atoms with Crippen LogP contribution in [0.5, 0.6) is 0 Å². The van der Waals surface area contributed by atoms with Crippen LogP contribution in [0.2, 0.25) is 0 Å². The second kappa shape index (κ2) is 9.18. The van der Waals surface area contributed by atoms with Crippen LogP contribution < -0.4 is 4.90 Å². The van der Waals surface area contributed by atoms with Crippen molar-refractivity contribution in [2.45, 2.75) is 52.0 Å². The van der Waals surface area contributed by atoms with Crippen LogP contribution >= 0.6 is 0 Å². The molecule has 0 aromatic carbocycles. The number of likely N-dealkylation sites (N-methyl/N-ethyl adjacent to an activating group) is 1. The van der Waals surface area contributed by atoms with Gasteiger partial charge in [0.15, 0.2) is 0 Å². The zero-order valence-electron chi connectivity index (χ0n) is 17.8. The third kappa shape index (κ3) is 5.20. The molecule has 0 amide bonds. The topological polar surface area (TPSA) is 72.8 Å². The summed E-state index contributed by atoms with van der Waals surface area (Å²) in [6, 6.07) is 2.54. The Hall–Kier alpha value is -1.73. The van der Waals surface area contributed by atoms with Gasteiger partial charge in [-0.15, -0.1) is 0 Å². The number of rotatable bonds is 6. The van der Waals surface area contributed by atoms with Gasteiger partial charge in [-0.05, 0) is 32.7 Å². The number of carboxylic acids is 1. The van der Waals surface area contributed by atoms with Gasteiger partial charge in [-0.25, -0.2) is 9.97 Å². The number of carboxylic acid groups (broad SMARTS) is 1. The average Bonchev–Trinajstić information content (AvgIpc) is 2.66. The van der Waals surface area contributed by atoms with E-state index in [-0.39, 0.29) is 6.42 Å². The van der Waals surface area contributed by atoms with Crippen molar-refractivity contribution >= 4 is 11.8 Å². The molecule has 0 radical (unpaired) electrons. The normalized spacial score (nSPS) is 24.7. The van der Waals surface area contributed by atoms with Gasteiger partial charge in [0.1, 0.15) is 11.6 Å². The van der Waals surface area contributed by atoms with E-state index in [9.17, 15) is 9.90 Å². The third-order valence-electron chi connectivity index (χ3n) is 6.13. The molecule has 1 aromatic rings. The molecular formula is C21H35N5O2. The Morgan fingerprint density at radius 1 is 1.21 bits per heavy atom. The van der Waals surface area contributed by atoms with Crippen molar-refractivity contribution in [3.63, 3.8) is 0 Å². The molecule has 1 N–H and O–H groups in total. The second-order valence-electron chi connectivity index (χ2n) is 8.71. The first-order chi connectivity index (χ1) is 13.3. The largest absolute Gasteiger partial charge is 0.481 e. The lowest BCUT2D eigenvalue weighted by atomic mass is 9.86. The fourth-order valence-corrected chi connectivity index (χ4v) is 4.45. The first-order valence-electron chi connectivity index (χ1n) is 10.6. The van der Waals surface area contributed by atoms with Crippen molar-refractivity contribution in [1.82, 2.24) is 19.8 Å². The van der Waals surface area contributed by atoms with Gasteiger partial charge >= 0.3 is 5.97 Å². The van der Waals surface area contributed by atoms with Crippen LogP contribution in [-0.4, -0.2) is 83.2 Å². The summed E-state index contributed by atoms with van der Waals surface area (Å²) >= 11 is 0. The van der Waals surface area contributed by atoms with Crippen LogP contribution in [0.3, 0.4) is 0 Å². The highest BCUT2D eigenvalue weighted by Crippen LogP contribution is 2.30. The molecule has 28 heavy (non-hydrogen) atoms. The summed E-state index contributed by atoms with van der Waals surface area (Å²) in [5.41, 5.74) is 0.997. The van der Waals surface area contributed by atoms with Crippen LogP contribution in [-0.2, 0) is 4.79 Å². The Morgan fingerprint density at radius 3 is 2.57 bits per heavy atom. The van der Waals surface area contributed by atoms with Crippen LogP contribution in [0.4, 0.5) is 5.82 Å². The predicted molar refractivity (Wildman–Crippen MR) is 111 cm³/mol. The number of piperazine rings is 1. The molecule has 2 aliphatic rings. The summed E-state index contributed by atoms with van der Waals surface area (Å²) in [4.78, 5) is 27.9. The highest BCUT2D eigenvalue weighted by molar-refractivity contribution is 5.66. The minimum Gasteiger partial charge on any atom is -0.481 e. The fraction of sp³-hybridized carbons (Fsp3) is 0.762. The van der Waals surface area contributed by atoms with Gasteiger partial charge in [-0.1, -0.05) is 13.8 Å². The third-order valence-corrected chi connectivity index (χ3v) is 6.13. The van der Waals surface area contributed by atoms with Crippen molar-refractivity contribution in [1.29, 1.82) is 0 Å². The number of piperidine rings is 1. The Morgan fingerprint density at radius 2 is 1.93 bits per heavy atom. The molecule has 2 fully saturated rings. The SMILES string of the molecule is Cc1cc(N2CC[C@@H](N3CCN(C)CC3)[C@@H](CCC(=O)O)C2)nc(C(C)C)n1. The summed E-state index contributed by atoms with van der Waals surface area (Å²) in [6.45, 7) is 12.4. The lowest BCUT2D eigenvalue weighted by molar-refractivity contribution is -0.137. The first kappa shape index (κ1) is 21.0. The van der Waals surface area contributed by atoms with Crippen LogP contribution in [0.1, 0.15) is 50.5 Å². The van der Waals surface area contributed by atoms with Gasteiger partial charge in [0.2, 0.25) is 0 Å². The highest BCUT2D eigenvalue weighted by Gasteiger charge is 2.35. The number of aliphatic carboxylic acids is 1. The Labute approximate surface area is 168 Å². The van der Waals surface area contributed by atoms with E-state index in [1.807, 2.05) is 6.92 Å². The molecule has 1 aromatic heterocycles. The predicted octanol–water partition coefficient (Wildman–Crippen LogP) is 2.22. The zero-order valence-corrected chi connectivity index (χ0v) is 17.8. The molecule has 2 saturated heterocycles. The summed E-state index contributed by atoms with van der Waals surface area (Å²) in [7, 11) is 2.17. The van der Waals surface area contributed by atoms with Crippen molar-refractivity contribution in [3.8, 4) is 0 Å². The molecule has 0 saturated carbocycles. The molecule has 3 heterocycles. The van der Waals surface area contributed by atoms with Gasteiger partial charge in [-0.2, -0.15) is 0 Å². The van der Waals surface area contributed by atoms with Crippen LogP contribution in [0, 0.1) is 12.8 Å². The number of hydrogen-bond acceptors (Lipinski definition) is 6.